The summed E-state index contributed by atoms with van der Waals surface area (Å²) in [5, 5.41) is 0. The third kappa shape index (κ3) is 2.48. The Labute approximate surface area is 140 Å². The van der Waals surface area contributed by atoms with Gasteiger partial charge in [0.05, 0.1) is 0 Å². The summed E-state index contributed by atoms with van der Waals surface area (Å²) in [6, 6.07) is 9.02. The number of carbonyl (C=O) groups is 1. The summed E-state index contributed by atoms with van der Waals surface area (Å²) in [5.74, 6) is 0.574. The molecular weight excluding hydrogens is 373 g/mol. The lowest BCUT2D eigenvalue weighted by Crippen LogP contribution is -2.61. The molecule has 1 aromatic carbocycles. The van der Waals surface area contributed by atoms with E-state index in [-0.39, 0.29) is 17.4 Å². The minimum absolute atomic E-state index is 0.126. The van der Waals surface area contributed by atoms with E-state index in [1.165, 1.54) is 9.13 Å². The zero-order valence-corrected chi connectivity index (χ0v) is 14.8. The molecule has 0 radical (unpaired) electrons. The number of fused-ring (bicyclic) bond motifs is 3. The van der Waals surface area contributed by atoms with Crippen molar-refractivity contribution in [2.75, 3.05) is 6.54 Å². The van der Waals surface area contributed by atoms with Crippen molar-refractivity contribution in [1.82, 2.24) is 4.90 Å². The molecule has 2 bridgehead atoms. The maximum atomic E-state index is 12.5. The lowest BCUT2D eigenvalue weighted by molar-refractivity contribution is -0.149. The molecule has 3 fully saturated rings. The maximum absolute atomic E-state index is 12.5. The highest BCUT2D eigenvalue weighted by atomic mass is 127. The van der Waals surface area contributed by atoms with Crippen LogP contribution in [0.5, 0.6) is 0 Å². The molecule has 0 amide bonds. The highest BCUT2D eigenvalue weighted by Gasteiger charge is 2.54. The Kier molecular flexibility index (Phi) is 3.99. The Hall–Kier alpha value is -0.680. The van der Waals surface area contributed by atoms with Crippen molar-refractivity contribution < 1.29 is 4.79 Å². The van der Waals surface area contributed by atoms with Gasteiger partial charge >= 0.3 is 0 Å². The predicted octanol–water partition coefficient (Wildman–Crippen LogP) is 4.21. The van der Waals surface area contributed by atoms with E-state index in [4.69, 9.17) is 0 Å². The molecule has 21 heavy (non-hydrogen) atoms. The first kappa shape index (κ1) is 15.2. The molecule has 2 aliphatic heterocycles. The minimum atomic E-state index is 0.126. The molecule has 2 saturated heterocycles. The summed E-state index contributed by atoms with van der Waals surface area (Å²) in [7, 11) is 0. The number of Topliss-reactive ketones (excluding diaryl/α,β-unsaturated/α-hetero) is 1. The van der Waals surface area contributed by atoms with Gasteiger partial charge in [-0.25, -0.2) is 0 Å². The molecular formula is C18H22INO. The van der Waals surface area contributed by atoms with Crippen LogP contribution >= 0.6 is 22.6 Å². The number of rotatable bonds is 3. The number of halogens is 1. The molecule has 112 valence electrons. The van der Waals surface area contributed by atoms with Crippen LogP contribution in [-0.2, 0) is 4.79 Å². The molecule has 1 saturated carbocycles. The smallest absolute Gasteiger partial charge is 0.139 e. The lowest BCUT2D eigenvalue weighted by atomic mass is 9.60. The number of piperidine rings is 2. The molecule has 2 nitrogen and oxygen atoms in total. The summed E-state index contributed by atoms with van der Waals surface area (Å²) in [4.78, 5) is 15.0. The third-order valence-electron chi connectivity index (χ3n) is 5.16. The standard InChI is InChI=1S/C18H22INO/c1-4-9-20-16-10-15(21)13(11-18(16,2)3)17(20)12-7-5-6-8-14(12)19/h4-8,13,16-17H,1,9-11H2,2-3H3/t13-,16-,17-/m1/s1. The van der Waals surface area contributed by atoms with Gasteiger partial charge in [-0.15, -0.1) is 6.58 Å². The molecule has 0 spiro atoms. The van der Waals surface area contributed by atoms with E-state index in [9.17, 15) is 4.79 Å². The van der Waals surface area contributed by atoms with Gasteiger partial charge in [0, 0.05) is 34.5 Å². The van der Waals surface area contributed by atoms with Crippen molar-refractivity contribution in [3.05, 3.63) is 46.1 Å². The van der Waals surface area contributed by atoms with E-state index in [0.29, 0.717) is 18.2 Å². The largest absolute Gasteiger partial charge is 0.299 e. The molecule has 3 heteroatoms. The van der Waals surface area contributed by atoms with E-state index in [0.717, 1.165) is 13.0 Å². The van der Waals surface area contributed by atoms with E-state index >= 15 is 0 Å². The number of ketones is 1. The molecule has 0 unspecified atom stereocenters. The number of benzene rings is 1. The summed E-state index contributed by atoms with van der Waals surface area (Å²) < 4.78 is 1.26. The van der Waals surface area contributed by atoms with Crippen molar-refractivity contribution in [1.29, 1.82) is 0 Å². The van der Waals surface area contributed by atoms with Gasteiger partial charge in [-0.05, 0) is 46.1 Å². The molecule has 0 aromatic heterocycles. The van der Waals surface area contributed by atoms with Crippen molar-refractivity contribution >= 4 is 28.4 Å². The second kappa shape index (κ2) is 5.51. The van der Waals surface area contributed by atoms with Gasteiger partial charge in [0.2, 0.25) is 0 Å². The van der Waals surface area contributed by atoms with Gasteiger partial charge in [0.1, 0.15) is 5.78 Å². The molecule has 3 atom stereocenters. The summed E-state index contributed by atoms with van der Waals surface area (Å²) in [5.41, 5.74) is 1.51. The molecule has 1 aromatic rings. The topological polar surface area (TPSA) is 20.3 Å². The van der Waals surface area contributed by atoms with Gasteiger partial charge in [-0.1, -0.05) is 38.1 Å². The van der Waals surface area contributed by atoms with Gasteiger partial charge < -0.3 is 0 Å². The van der Waals surface area contributed by atoms with Gasteiger partial charge in [-0.2, -0.15) is 0 Å². The minimum Gasteiger partial charge on any atom is -0.299 e. The Morgan fingerprint density at radius 1 is 1.43 bits per heavy atom. The first-order valence-electron chi connectivity index (χ1n) is 7.59. The van der Waals surface area contributed by atoms with Crippen molar-refractivity contribution in [3.8, 4) is 0 Å². The fourth-order valence-corrected chi connectivity index (χ4v) is 4.92. The van der Waals surface area contributed by atoms with Crippen LogP contribution in [0.1, 0.15) is 38.3 Å². The van der Waals surface area contributed by atoms with E-state index in [1.807, 2.05) is 6.08 Å². The first-order chi connectivity index (χ1) is 9.95. The predicted molar refractivity (Wildman–Crippen MR) is 94.1 cm³/mol. The molecule has 4 rings (SSSR count). The average Bonchev–Trinajstić information content (AvgIpc) is 2.42. The van der Waals surface area contributed by atoms with Crippen LogP contribution in [0.25, 0.3) is 0 Å². The second-order valence-electron chi connectivity index (χ2n) is 6.94. The highest BCUT2D eigenvalue weighted by Crippen LogP contribution is 2.53. The average molecular weight is 395 g/mol. The zero-order chi connectivity index (χ0) is 15.2. The molecule has 2 heterocycles. The molecule has 1 aliphatic carbocycles. The number of carbonyl (C=O) groups excluding carboxylic acids is 1. The SMILES string of the molecule is C=CCN1[C@H](c2ccccc2I)[C@@H]2CC(C)(C)[C@H]1CC2=O. The number of hydrogen-bond donors (Lipinski definition) is 0. The van der Waals surface area contributed by atoms with E-state index in [1.54, 1.807) is 0 Å². The maximum Gasteiger partial charge on any atom is 0.139 e. The van der Waals surface area contributed by atoms with Crippen molar-refractivity contribution in [3.63, 3.8) is 0 Å². The Morgan fingerprint density at radius 2 is 2.14 bits per heavy atom. The van der Waals surface area contributed by atoms with Crippen LogP contribution in [-0.4, -0.2) is 23.3 Å². The van der Waals surface area contributed by atoms with E-state index in [2.05, 4.69) is 72.2 Å². The van der Waals surface area contributed by atoms with E-state index < -0.39 is 0 Å². The lowest BCUT2D eigenvalue weighted by Gasteiger charge is -2.58. The van der Waals surface area contributed by atoms with Gasteiger partial charge in [0.25, 0.3) is 0 Å². The summed E-state index contributed by atoms with van der Waals surface area (Å²) in [6.07, 6.45) is 3.68. The Bertz CT molecular complexity index is 580. The van der Waals surface area contributed by atoms with Crippen LogP contribution in [0.3, 0.4) is 0 Å². The van der Waals surface area contributed by atoms with Gasteiger partial charge in [-0.3, -0.25) is 9.69 Å². The number of nitrogens with zero attached hydrogens (tertiary/aromatic N) is 1. The summed E-state index contributed by atoms with van der Waals surface area (Å²) in [6.45, 7) is 9.39. The van der Waals surface area contributed by atoms with Crippen molar-refractivity contribution in [2.24, 2.45) is 11.3 Å². The van der Waals surface area contributed by atoms with Crippen LogP contribution in [0.4, 0.5) is 0 Å². The third-order valence-corrected chi connectivity index (χ3v) is 6.14. The first-order valence-corrected chi connectivity index (χ1v) is 8.67. The van der Waals surface area contributed by atoms with Crippen LogP contribution in [0.2, 0.25) is 0 Å². The van der Waals surface area contributed by atoms with Crippen LogP contribution in [0.15, 0.2) is 36.9 Å². The van der Waals surface area contributed by atoms with Gasteiger partial charge in [0.15, 0.2) is 0 Å². The highest BCUT2D eigenvalue weighted by molar-refractivity contribution is 14.1. The normalized spacial score (nSPS) is 31.4. The van der Waals surface area contributed by atoms with Crippen molar-refractivity contribution in [2.45, 2.75) is 38.8 Å². The molecule has 0 N–H and O–H groups in total. The zero-order valence-electron chi connectivity index (χ0n) is 12.7. The number of hydrogen-bond acceptors (Lipinski definition) is 2. The fraction of sp³-hybridized carbons (Fsp3) is 0.500. The summed E-state index contributed by atoms with van der Waals surface area (Å²) >= 11 is 2.39. The van der Waals surface area contributed by atoms with Crippen LogP contribution in [0, 0.1) is 14.9 Å². The Morgan fingerprint density at radius 3 is 2.81 bits per heavy atom. The molecule has 3 aliphatic rings. The van der Waals surface area contributed by atoms with Crippen LogP contribution < -0.4 is 0 Å². The fourth-order valence-electron chi connectivity index (χ4n) is 4.21. The Balaban J connectivity index is 2.08. The quantitative estimate of drug-likeness (QED) is 0.565. The second-order valence-corrected chi connectivity index (χ2v) is 8.10. The monoisotopic (exact) mass is 395 g/mol.